The van der Waals surface area contributed by atoms with E-state index in [2.05, 4.69) is 5.10 Å². The van der Waals surface area contributed by atoms with Gasteiger partial charge < -0.3 is 14.6 Å². The zero-order valence-corrected chi connectivity index (χ0v) is 15.9. The third kappa shape index (κ3) is 3.82. The van der Waals surface area contributed by atoms with Crippen molar-refractivity contribution in [1.82, 2.24) is 19.1 Å². The van der Waals surface area contributed by atoms with Crippen molar-refractivity contribution >= 4 is 11.4 Å². The van der Waals surface area contributed by atoms with Gasteiger partial charge in [-0.3, -0.25) is 9.59 Å². The Morgan fingerprint density at radius 3 is 2.61 bits per heavy atom. The smallest absolute Gasteiger partial charge is 0.277 e. The van der Waals surface area contributed by atoms with E-state index in [1.165, 1.54) is 27.4 Å². The number of hydrogen-bond donors (Lipinski definition) is 1. The minimum absolute atomic E-state index is 0.0858. The number of carbonyl (C=O) groups excluding carboxylic acids is 1. The van der Waals surface area contributed by atoms with E-state index in [1.54, 1.807) is 30.3 Å². The van der Waals surface area contributed by atoms with Crippen LogP contribution in [0.1, 0.15) is 25.3 Å². The normalized spacial score (nSPS) is 11.1. The fourth-order valence-corrected chi connectivity index (χ4v) is 3.05. The monoisotopic (exact) mass is 386 g/mol. The van der Waals surface area contributed by atoms with Crippen LogP contribution in [-0.2, 0) is 17.9 Å². The number of benzene rings is 1. The van der Waals surface area contributed by atoms with Crippen molar-refractivity contribution < 1.29 is 14.3 Å². The number of unbranched alkanes of at least 4 members (excludes halogenated alkanes) is 1. The van der Waals surface area contributed by atoms with Gasteiger partial charge in [-0.2, -0.15) is 5.10 Å². The molecule has 0 aliphatic carbocycles. The van der Waals surface area contributed by atoms with E-state index in [-0.39, 0.29) is 23.8 Å². The third-order valence-electron chi connectivity index (χ3n) is 4.71. The first-order valence-corrected chi connectivity index (χ1v) is 9.17. The minimum atomic E-state index is -0.412. The fraction of sp³-hybridized carbons (Fsp3) is 0.350. The molecule has 1 aromatic carbocycles. The molecule has 3 rings (SSSR count). The quantitative estimate of drug-likeness (QED) is 0.674. The van der Waals surface area contributed by atoms with Crippen LogP contribution in [0.3, 0.4) is 0 Å². The molecule has 0 bridgehead atoms. The van der Waals surface area contributed by atoms with Crippen LogP contribution < -0.4 is 5.56 Å². The average molecular weight is 386 g/mol. The van der Waals surface area contributed by atoms with Crippen LogP contribution in [0.25, 0.3) is 16.8 Å². The SMILES string of the molecule is CCCCN(C)C(=O)Cn1ccn2nc(-c3ccc(F)cc3)c(CO)c2c1=O. The van der Waals surface area contributed by atoms with Gasteiger partial charge >= 0.3 is 0 Å². The van der Waals surface area contributed by atoms with Crippen molar-refractivity contribution in [2.75, 3.05) is 13.6 Å². The van der Waals surface area contributed by atoms with E-state index in [9.17, 15) is 19.1 Å². The number of aromatic nitrogens is 3. The summed E-state index contributed by atoms with van der Waals surface area (Å²) < 4.78 is 15.9. The van der Waals surface area contributed by atoms with Crippen LogP contribution in [-0.4, -0.2) is 43.7 Å². The maximum atomic E-state index is 13.2. The molecule has 2 aromatic heterocycles. The van der Waals surface area contributed by atoms with E-state index in [0.29, 0.717) is 23.4 Å². The standard InChI is InChI=1S/C20H23FN4O3/c1-3-4-9-23(2)17(27)12-24-10-11-25-19(20(24)28)16(13-26)18(22-25)14-5-7-15(21)8-6-14/h5-8,10-11,26H,3-4,9,12-13H2,1-2H3. The van der Waals surface area contributed by atoms with Crippen molar-refractivity contribution in [3.8, 4) is 11.3 Å². The average Bonchev–Trinajstić information content (AvgIpc) is 3.08. The zero-order valence-electron chi connectivity index (χ0n) is 15.9. The maximum absolute atomic E-state index is 13.2. The third-order valence-corrected chi connectivity index (χ3v) is 4.71. The predicted molar refractivity (Wildman–Crippen MR) is 103 cm³/mol. The summed E-state index contributed by atoms with van der Waals surface area (Å²) in [6.45, 7) is 2.19. The molecule has 8 heteroatoms. The van der Waals surface area contributed by atoms with E-state index < -0.39 is 12.2 Å². The second-order valence-corrected chi connectivity index (χ2v) is 6.69. The molecule has 0 atom stereocenters. The fourth-order valence-electron chi connectivity index (χ4n) is 3.05. The molecule has 0 radical (unpaired) electrons. The molecule has 3 aromatic rings. The van der Waals surface area contributed by atoms with E-state index >= 15 is 0 Å². The lowest BCUT2D eigenvalue weighted by molar-refractivity contribution is -0.130. The minimum Gasteiger partial charge on any atom is -0.392 e. The first kappa shape index (κ1) is 19.8. The summed E-state index contributed by atoms with van der Waals surface area (Å²) in [6, 6.07) is 5.68. The van der Waals surface area contributed by atoms with Crippen molar-refractivity contribution in [3.63, 3.8) is 0 Å². The van der Waals surface area contributed by atoms with Crippen molar-refractivity contribution in [2.24, 2.45) is 0 Å². The number of fused-ring (bicyclic) bond motifs is 1. The molecule has 148 valence electrons. The van der Waals surface area contributed by atoms with Gasteiger partial charge in [-0.25, -0.2) is 8.91 Å². The Labute approximate surface area is 161 Å². The molecule has 0 fully saturated rings. The highest BCUT2D eigenvalue weighted by atomic mass is 19.1. The lowest BCUT2D eigenvalue weighted by Gasteiger charge is -2.17. The molecule has 0 saturated heterocycles. The number of nitrogens with zero attached hydrogens (tertiary/aromatic N) is 4. The van der Waals surface area contributed by atoms with Crippen LogP contribution in [0, 0.1) is 5.82 Å². The summed E-state index contributed by atoms with van der Waals surface area (Å²) in [7, 11) is 1.71. The summed E-state index contributed by atoms with van der Waals surface area (Å²) in [5.74, 6) is -0.546. The molecular formula is C20H23FN4O3. The highest BCUT2D eigenvalue weighted by molar-refractivity contribution is 5.76. The first-order valence-electron chi connectivity index (χ1n) is 9.17. The van der Waals surface area contributed by atoms with Gasteiger partial charge in [0.1, 0.15) is 17.9 Å². The van der Waals surface area contributed by atoms with Gasteiger partial charge in [0.2, 0.25) is 5.91 Å². The van der Waals surface area contributed by atoms with Gasteiger partial charge in [-0.15, -0.1) is 0 Å². The number of hydrogen-bond acceptors (Lipinski definition) is 4. The van der Waals surface area contributed by atoms with Gasteiger partial charge in [-0.1, -0.05) is 13.3 Å². The van der Waals surface area contributed by atoms with E-state index in [0.717, 1.165) is 12.8 Å². The van der Waals surface area contributed by atoms with Gasteiger partial charge in [0.15, 0.2) is 0 Å². The van der Waals surface area contributed by atoms with Crippen LogP contribution in [0.15, 0.2) is 41.5 Å². The summed E-state index contributed by atoms with van der Waals surface area (Å²) >= 11 is 0. The number of aliphatic hydroxyl groups excluding tert-OH is 1. The topological polar surface area (TPSA) is 79.8 Å². The van der Waals surface area contributed by atoms with Crippen molar-refractivity contribution in [2.45, 2.75) is 32.9 Å². The number of halogens is 1. The Bertz CT molecular complexity index is 1040. The maximum Gasteiger partial charge on any atom is 0.277 e. The lowest BCUT2D eigenvalue weighted by Crippen LogP contribution is -2.34. The summed E-state index contributed by atoms with van der Waals surface area (Å²) in [6.07, 6.45) is 4.95. The Morgan fingerprint density at radius 2 is 1.96 bits per heavy atom. The Balaban J connectivity index is 2.00. The van der Waals surface area contributed by atoms with Crippen LogP contribution in [0.5, 0.6) is 0 Å². The number of aliphatic hydroxyl groups is 1. The number of likely N-dealkylation sites (N-methyl/N-ethyl adjacent to an activating group) is 1. The molecule has 28 heavy (non-hydrogen) atoms. The first-order chi connectivity index (χ1) is 13.5. The highest BCUT2D eigenvalue weighted by Crippen LogP contribution is 2.25. The van der Waals surface area contributed by atoms with Gasteiger partial charge in [0, 0.05) is 37.1 Å². The summed E-state index contributed by atoms with van der Waals surface area (Å²) in [4.78, 5) is 26.9. The largest absolute Gasteiger partial charge is 0.392 e. The molecule has 0 aliphatic rings. The van der Waals surface area contributed by atoms with Crippen LogP contribution in [0.4, 0.5) is 4.39 Å². The molecule has 2 heterocycles. The lowest BCUT2D eigenvalue weighted by atomic mass is 10.1. The van der Waals surface area contributed by atoms with E-state index in [1.807, 2.05) is 6.92 Å². The highest BCUT2D eigenvalue weighted by Gasteiger charge is 2.19. The van der Waals surface area contributed by atoms with E-state index in [4.69, 9.17) is 0 Å². The Morgan fingerprint density at radius 1 is 1.25 bits per heavy atom. The molecule has 0 aliphatic heterocycles. The second-order valence-electron chi connectivity index (χ2n) is 6.69. The van der Waals surface area contributed by atoms with Crippen molar-refractivity contribution in [1.29, 1.82) is 0 Å². The summed E-state index contributed by atoms with van der Waals surface area (Å²) in [5.41, 5.74) is 1.13. The number of carbonyl (C=O) groups is 1. The van der Waals surface area contributed by atoms with Gasteiger partial charge in [-0.05, 0) is 30.7 Å². The number of amides is 1. The molecule has 0 spiro atoms. The molecule has 1 N–H and O–H groups in total. The molecule has 1 amide bonds. The molecule has 0 unspecified atom stereocenters. The van der Waals surface area contributed by atoms with Crippen LogP contribution >= 0.6 is 0 Å². The number of rotatable bonds is 7. The summed E-state index contributed by atoms with van der Waals surface area (Å²) in [5, 5.41) is 14.2. The second kappa shape index (κ2) is 8.35. The Kier molecular flexibility index (Phi) is 5.89. The van der Waals surface area contributed by atoms with Gasteiger partial charge in [0.05, 0.1) is 12.3 Å². The predicted octanol–water partition coefficient (Wildman–Crippen LogP) is 2.05. The molecule has 0 saturated carbocycles. The van der Waals surface area contributed by atoms with Crippen molar-refractivity contribution in [3.05, 3.63) is 58.4 Å². The Hall–Kier alpha value is -3.00. The molecular weight excluding hydrogens is 363 g/mol. The zero-order chi connectivity index (χ0) is 20.3. The molecule has 7 nitrogen and oxygen atoms in total. The van der Waals surface area contributed by atoms with Gasteiger partial charge in [0.25, 0.3) is 5.56 Å². The van der Waals surface area contributed by atoms with Crippen LogP contribution in [0.2, 0.25) is 0 Å².